The lowest BCUT2D eigenvalue weighted by molar-refractivity contribution is -0.139. The summed E-state index contributed by atoms with van der Waals surface area (Å²) >= 11 is 0. The van der Waals surface area contributed by atoms with Crippen LogP contribution in [0.3, 0.4) is 0 Å². The van der Waals surface area contributed by atoms with Crippen LogP contribution in [0.1, 0.15) is 12.8 Å². The minimum Gasteiger partial charge on any atom is -0.497 e. The molecule has 11 heteroatoms. The molecule has 2 N–H and O–H groups in total. The van der Waals surface area contributed by atoms with Crippen LogP contribution in [0.5, 0.6) is 5.75 Å². The number of sulfonamides is 1. The molecule has 3 rings (SSSR count). The Morgan fingerprint density at radius 1 is 1.10 bits per heavy atom. The Balaban J connectivity index is 1.48. The van der Waals surface area contributed by atoms with E-state index in [1.807, 2.05) is 0 Å². The number of morpholine rings is 1. The number of nitrogens with zero attached hydrogens (tertiary/aromatic N) is 2. The van der Waals surface area contributed by atoms with Crippen LogP contribution in [0.15, 0.2) is 29.2 Å². The summed E-state index contributed by atoms with van der Waals surface area (Å²) in [4.78, 5) is 26.5. The normalized spacial score (nSPS) is 20.4. The summed E-state index contributed by atoms with van der Waals surface area (Å²) in [5, 5.41) is 5.18. The third-order valence-corrected chi connectivity index (χ3v) is 7.48. The van der Waals surface area contributed by atoms with Crippen LogP contribution in [0.4, 0.5) is 0 Å². The minimum atomic E-state index is -3.70. The highest BCUT2D eigenvalue weighted by Gasteiger charge is 2.35. The highest BCUT2D eigenvalue weighted by atomic mass is 32.2. The summed E-state index contributed by atoms with van der Waals surface area (Å²) in [5.74, 6) is -0.893. The maximum absolute atomic E-state index is 13.0. The van der Waals surface area contributed by atoms with Crippen molar-refractivity contribution in [2.24, 2.45) is 0 Å². The Bertz CT molecular complexity index is 855. The second-order valence-corrected chi connectivity index (χ2v) is 9.40. The predicted molar refractivity (Wildman–Crippen MR) is 113 cm³/mol. The zero-order chi connectivity index (χ0) is 22.3. The third kappa shape index (κ3) is 6.16. The van der Waals surface area contributed by atoms with Crippen LogP contribution in [-0.2, 0) is 24.3 Å². The molecule has 172 valence electrons. The Morgan fingerprint density at radius 2 is 1.77 bits per heavy atom. The van der Waals surface area contributed by atoms with Gasteiger partial charge in [-0.1, -0.05) is 0 Å². The van der Waals surface area contributed by atoms with Crippen molar-refractivity contribution in [2.75, 3.05) is 59.6 Å². The van der Waals surface area contributed by atoms with Gasteiger partial charge in [-0.3, -0.25) is 14.5 Å². The van der Waals surface area contributed by atoms with Crippen molar-refractivity contribution in [3.8, 4) is 5.75 Å². The molecule has 0 unspecified atom stereocenters. The van der Waals surface area contributed by atoms with Crippen LogP contribution >= 0.6 is 0 Å². The standard InChI is InChI=1S/C20H30N4O6S/c1-29-17-4-6-18(7-5-17)31(27,28)24-9-2-3-16(24)15-22-20(26)19(25)21-8-10-23-11-13-30-14-12-23/h4-7,16H,2-3,8-15H2,1H3,(H,21,25)(H,22,26)/t16-/m0/s1. The topological polar surface area (TPSA) is 117 Å². The molecule has 0 aliphatic carbocycles. The first kappa shape index (κ1) is 23.5. The average Bonchev–Trinajstić information content (AvgIpc) is 3.27. The maximum Gasteiger partial charge on any atom is 0.309 e. The van der Waals surface area contributed by atoms with Crippen molar-refractivity contribution in [3.63, 3.8) is 0 Å². The quantitative estimate of drug-likeness (QED) is 0.505. The van der Waals surface area contributed by atoms with Crippen LogP contribution in [-0.4, -0.2) is 95.1 Å². The van der Waals surface area contributed by atoms with Gasteiger partial charge in [0.05, 0.1) is 25.2 Å². The Kier molecular flexibility index (Phi) is 8.24. The summed E-state index contributed by atoms with van der Waals surface area (Å²) in [6, 6.07) is 5.81. The summed E-state index contributed by atoms with van der Waals surface area (Å²) in [6.45, 7) is 4.44. The van der Waals surface area contributed by atoms with Gasteiger partial charge in [0.2, 0.25) is 10.0 Å². The van der Waals surface area contributed by atoms with E-state index in [4.69, 9.17) is 9.47 Å². The summed E-state index contributed by atoms with van der Waals surface area (Å²) in [5.41, 5.74) is 0. The van der Waals surface area contributed by atoms with Crippen molar-refractivity contribution in [3.05, 3.63) is 24.3 Å². The fraction of sp³-hybridized carbons (Fsp3) is 0.600. The van der Waals surface area contributed by atoms with Gasteiger partial charge in [-0.05, 0) is 37.1 Å². The number of nitrogens with one attached hydrogen (secondary N) is 2. The molecule has 0 bridgehead atoms. The Labute approximate surface area is 182 Å². The van der Waals surface area contributed by atoms with E-state index in [-0.39, 0.29) is 11.4 Å². The van der Waals surface area contributed by atoms with E-state index in [1.54, 1.807) is 12.1 Å². The largest absolute Gasteiger partial charge is 0.497 e. The predicted octanol–water partition coefficient (Wildman–Crippen LogP) is -0.587. The summed E-state index contributed by atoms with van der Waals surface area (Å²) < 4.78 is 37.7. The number of carbonyl (C=O) groups excluding carboxylic acids is 2. The third-order valence-electron chi connectivity index (χ3n) is 5.51. The molecule has 0 aromatic heterocycles. The first-order valence-electron chi connectivity index (χ1n) is 10.4. The lowest BCUT2D eigenvalue weighted by Crippen LogP contribution is -2.48. The van der Waals surface area contributed by atoms with E-state index >= 15 is 0 Å². The SMILES string of the molecule is COc1ccc(S(=O)(=O)N2CCC[C@H]2CNC(=O)C(=O)NCCN2CCOCC2)cc1. The van der Waals surface area contributed by atoms with E-state index in [2.05, 4.69) is 15.5 Å². The minimum absolute atomic E-state index is 0.0884. The fourth-order valence-electron chi connectivity index (χ4n) is 3.74. The molecular weight excluding hydrogens is 424 g/mol. The smallest absolute Gasteiger partial charge is 0.309 e. The molecule has 1 aromatic rings. The molecule has 2 amide bonds. The second kappa shape index (κ2) is 10.9. The van der Waals surface area contributed by atoms with Crippen molar-refractivity contribution < 1.29 is 27.5 Å². The van der Waals surface area contributed by atoms with Crippen LogP contribution in [0.2, 0.25) is 0 Å². The first-order chi connectivity index (χ1) is 14.9. The number of methoxy groups -OCH3 is 1. The number of rotatable bonds is 8. The molecular formula is C20H30N4O6S. The number of amides is 2. The van der Waals surface area contributed by atoms with Gasteiger partial charge in [0.25, 0.3) is 0 Å². The van der Waals surface area contributed by atoms with Gasteiger partial charge in [0.1, 0.15) is 5.75 Å². The second-order valence-electron chi connectivity index (χ2n) is 7.51. The van der Waals surface area contributed by atoms with E-state index in [9.17, 15) is 18.0 Å². The molecule has 2 aliphatic rings. The van der Waals surface area contributed by atoms with Gasteiger partial charge in [0.15, 0.2) is 0 Å². The van der Waals surface area contributed by atoms with Crippen molar-refractivity contribution in [1.29, 1.82) is 0 Å². The number of hydrogen-bond acceptors (Lipinski definition) is 7. The molecule has 1 atom stereocenters. The first-order valence-corrected chi connectivity index (χ1v) is 11.9. The zero-order valence-corrected chi connectivity index (χ0v) is 18.5. The highest BCUT2D eigenvalue weighted by Crippen LogP contribution is 2.26. The zero-order valence-electron chi connectivity index (χ0n) is 17.7. The molecule has 2 heterocycles. The Hall–Kier alpha value is -2.21. The van der Waals surface area contributed by atoms with Crippen molar-refractivity contribution >= 4 is 21.8 Å². The van der Waals surface area contributed by atoms with Crippen molar-refractivity contribution in [2.45, 2.75) is 23.8 Å². The summed E-state index contributed by atoms with van der Waals surface area (Å²) in [6.07, 6.45) is 1.32. The molecule has 2 fully saturated rings. The van der Waals surface area contributed by atoms with E-state index in [0.717, 1.165) is 13.1 Å². The highest BCUT2D eigenvalue weighted by molar-refractivity contribution is 7.89. The molecule has 0 saturated carbocycles. The molecule has 10 nitrogen and oxygen atoms in total. The number of carbonyl (C=O) groups is 2. The number of ether oxygens (including phenoxy) is 2. The van der Waals surface area contributed by atoms with E-state index < -0.39 is 27.9 Å². The molecule has 0 radical (unpaired) electrons. The van der Waals surface area contributed by atoms with E-state index in [1.165, 1.54) is 23.5 Å². The summed E-state index contributed by atoms with van der Waals surface area (Å²) in [7, 11) is -2.18. The van der Waals surface area contributed by atoms with Crippen LogP contribution in [0.25, 0.3) is 0 Å². The molecule has 2 aliphatic heterocycles. The molecule has 31 heavy (non-hydrogen) atoms. The maximum atomic E-state index is 13.0. The lowest BCUT2D eigenvalue weighted by atomic mass is 10.2. The number of benzene rings is 1. The van der Waals surface area contributed by atoms with E-state index in [0.29, 0.717) is 51.4 Å². The monoisotopic (exact) mass is 454 g/mol. The fourth-order valence-corrected chi connectivity index (χ4v) is 5.43. The number of hydrogen-bond donors (Lipinski definition) is 2. The van der Waals surface area contributed by atoms with Gasteiger partial charge < -0.3 is 20.1 Å². The van der Waals surface area contributed by atoms with Gasteiger partial charge in [-0.25, -0.2) is 8.42 Å². The molecule has 0 spiro atoms. The molecule has 1 aromatic carbocycles. The lowest BCUT2D eigenvalue weighted by Gasteiger charge is -2.26. The van der Waals surface area contributed by atoms with Crippen LogP contribution in [0, 0.1) is 0 Å². The Morgan fingerprint density at radius 3 is 2.45 bits per heavy atom. The van der Waals surface area contributed by atoms with Crippen LogP contribution < -0.4 is 15.4 Å². The van der Waals surface area contributed by atoms with Gasteiger partial charge in [-0.2, -0.15) is 4.31 Å². The molecule has 2 saturated heterocycles. The van der Waals surface area contributed by atoms with Gasteiger partial charge in [0, 0.05) is 45.3 Å². The average molecular weight is 455 g/mol. The van der Waals surface area contributed by atoms with Crippen molar-refractivity contribution in [1.82, 2.24) is 19.8 Å². The van der Waals surface area contributed by atoms with Gasteiger partial charge in [-0.15, -0.1) is 0 Å². The van der Waals surface area contributed by atoms with Gasteiger partial charge >= 0.3 is 11.8 Å².